The summed E-state index contributed by atoms with van der Waals surface area (Å²) in [5.74, 6) is 6.09. The molecule has 0 saturated heterocycles. The molecule has 0 amide bonds. The molecular formula is C26H21F2GeNS. The predicted octanol–water partition coefficient (Wildman–Crippen LogP) is 7.61. The Morgan fingerprint density at radius 2 is 1.55 bits per heavy atom. The Balaban J connectivity index is 1.77. The van der Waals surface area contributed by atoms with Gasteiger partial charge in [0.05, 0.1) is 0 Å². The van der Waals surface area contributed by atoms with Gasteiger partial charge in [0.15, 0.2) is 0 Å². The Labute approximate surface area is 186 Å². The molecule has 5 rings (SSSR count). The molecule has 31 heavy (non-hydrogen) atoms. The molecule has 2 heterocycles. The van der Waals surface area contributed by atoms with Crippen LogP contribution in [0.1, 0.15) is 0 Å². The van der Waals surface area contributed by atoms with E-state index >= 15 is 0 Å². The first-order chi connectivity index (χ1) is 14.8. The van der Waals surface area contributed by atoms with Crippen LogP contribution in [0, 0.1) is 11.6 Å². The van der Waals surface area contributed by atoms with Crippen molar-refractivity contribution in [3.8, 4) is 21.7 Å². The summed E-state index contributed by atoms with van der Waals surface area (Å²) in [5.41, 5.74) is 1.95. The molecule has 0 saturated carbocycles. The quantitative estimate of drug-likeness (QED) is 0.238. The first kappa shape index (κ1) is 20.3. The van der Waals surface area contributed by atoms with Gasteiger partial charge >= 0.3 is 187 Å². The van der Waals surface area contributed by atoms with Gasteiger partial charge in [-0.05, 0) is 0 Å². The normalized spacial score (nSPS) is 12.0. The Morgan fingerprint density at radius 1 is 0.806 bits per heavy atom. The van der Waals surface area contributed by atoms with Crippen molar-refractivity contribution in [1.29, 1.82) is 0 Å². The van der Waals surface area contributed by atoms with Crippen molar-refractivity contribution < 1.29 is 8.78 Å². The first-order valence-corrected chi connectivity index (χ1v) is 18.4. The molecule has 0 aliphatic carbocycles. The monoisotopic (exact) mass is 491 g/mol. The molecule has 5 aromatic rings. The molecule has 0 radical (unpaired) electrons. The minimum absolute atomic E-state index is 0.0264. The minimum atomic E-state index is -2.17. The van der Waals surface area contributed by atoms with Gasteiger partial charge in [-0.2, -0.15) is 0 Å². The van der Waals surface area contributed by atoms with Gasteiger partial charge in [-0.25, -0.2) is 0 Å². The van der Waals surface area contributed by atoms with E-state index in [9.17, 15) is 8.78 Å². The molecule has 5 heteroatoms. The number of rotatable bonds is 3. The average Bonchev–Trinajstić information content (AvgIpc) is 3.16. The van der Waals surface area contributed by atoms with Gasteiger partial charge in [0, 0.05) is 0 Å². The van der Waals surface area contributed by atoms with E-state index in [2.05, 4.69) is 53.7 Å². The van der Waals surface area contributed by atoms with Gasteiger partial charge in [-0.1, -0.05) is 0 Å². The Kier molecular flexibility index (Phi) is 4.94. The molecule has 0 fully saturated rings. The van der Waals surface area contributed by atoms with Gasteiger partial charge in [0.2, 0.25) is 0 Å². The number of thiophene rings is 1. The molecule has 0 aliphatic heterocycles. The maximum absolute atomic E-state index is 14.4. The van der Waals surface area contributed by atoms with Crippen LogP contribution in [0.3, 0.4) is 0 Å². The molecule has 0 bridgehead atoms. The molecule has 3 aromatic carbocycles. The summed E-state index contributed by atoms with van der Waals surface area (Å²) in [6.07, 6.45) is 1.78. The number of aromatic nitrogens is 1. The van der Waals surface area contributed by atoms with E-state index in [1.807, 2.05) is 12.1 Å². The third-order valence-corrected chi connectivity index (χ3v) is 11.0. The van der Waals surface area contributed by atoms with Crippen LogP contribution in [0.25, 0.3) is 42.6 Å². The summed E-state index contributed by atoms with van der Waals surface area (Å²) in [6.45, 7) is 0. The number of nitrogens with zero attached hydrogens (tertiary/aromatic N) is 1. The molecule has 1 nitrogen and oxygen atoms in total. The van der Waals surface area contributed by atoms with E-state index in [-0.39, 0.29) is 5.56 Å². The third-order valence-electron chi connectivity index (χ3n) is 5.59. The zero-order valence-electron chi connectivity index (χ0n) is 17.5. The van der Waals surface area contributed by atoms with Crippen molar-refractivity contribution in [3.05, 3.63) is 84.6 Å². The second kappa shape index (κ2) is 7.54. The van der Waals surface area contributed by atoms with E-state index in [1.54, 1.807) is 6.20 Å². The van der Waals surface area contributed by atoms with Gasteiger partial charge in [-0.3, -0.25) is 0 Å². The third kappa shape index (κ3) is 3.58. The van der Waals surface area contributed by atoms with Gasteiger partial charge in [0.1, 0.15) is 0 Å². The topological polar surface area (TPSA) is 12.9 Å². The molecule has 0 spiro atoms. The van der Waals surface area contributed by atoms with Crippen LogP contribution in [0.15, 0.2) is 72.9 Å². The number of pyridine rings is 1. The Hall–Kier alpha value is -2.57. The van der Waals surface area contributed by atoms with E-state index in [0.29, 0.717) is 4.88 Å². The second-order valence-electron chi connectivity index (χ2n) is 8.78. The zero-order chi connectivity index (χ0) is 21.8. The van der Waals surface area contributed by atoms with Gasteiger partial charge in [0.25, 0.3) is 0 Å². The van der Waals surface area contributed by atoms with Crippen molar-refractivity contribution in [2.75, 3.05) is 0 Å². The molecular weight excluding hydrogens is 469 g/mol. The van der Waals surface area contributed by atoms with Gasteiger partial charge < -0.3 is 0 Å². The van der Waals surface area contributed by atoms with Crippen LogP contribution in [-0.2, 0) is 0 Å². The zero-order valence-corrected chi connectivity index (χ0v) is 20.5. The van der Waals surface area contributed by atoms with Crippen LogP contribution in [0.4, 0.5) is 8.78 Å². The average molecular weight is 490 g/mol. The van der Waals surface area contributed by atoms with E-state index in [0.717, 1.165) is 21.3 Å². The fourth-order valence-electron chi connectivity index (χ4n) is 4.09. The Morgan fingerprint density at radius 3 is 2.29 bits per heavy atom. The van der Waals surface area contributed by atoms with Crippen molar-refractivity contribution in [3.63, 3.8) is 0 Å². The molecule has 0 atom stereocenters. The van der Waals surface area contributed by atoms with Crippen molar-refractivity contribution >= 4 is 49.9 Å². The summed E-state index contributed by atoms with van der Waals surface area (Å²) in [6, 6.07) is 20.7. The van der Waals surface area contributed by atoms with E-state index in [4.69, 9.17) is 4.98 Å². The van der Waals surface area contributed by atoms with Crippen molar-refractivity contribution in [2.45, 2.75) is 17.3 Å². The molecule has 0 aliphatic rings. The number of halogens is 2. The molecule has 0 unspecified atom stereocenters. The van der Waals surface area contributed by atoms with Crippen LogP contribution in [0.2, 0.25) is 17.3 Å². The van der Waals surface area contributed by atoms with Crippen molar-refractivity contribution in [2.24, 2.45) is 0 Å². The number of hydrogen-bond donors (Lipinski definition) is 0. The predicted molar refractivity (Wildman–Crippen MR) is 131 cm³/mol. The summed E-state index contributed by atoms with van der Waals surface area (Å²) in [4.78, 5) is 5.28. The molecule has 2 aromatic heterocycles. The number of benzene rings is 3. The maximum atomic E-state index is 14.4. The Bertz CT molecular complexity index is 1430. The standard InChI is InChI=1S/C26H21F2GeNS/c1-29(2,3)22-14-18(13-16-7-4-5-8-19(16)22)25-26-17(11-12-30-25)15-23(31-26)24-20(27)9-6-10-21(24)28/h4-15H,1-3H3. The van der Waals surface area contributed by atoms with E-state index < -0.39 is 24.9 Å². The summed E-state index contributed by atoms with van der Waals surface area (Å²) in [7, 11) is 0. The first-order valence-electron chi connectivity index (χ1n) is 10.2. The fraction of sp³-hybridized carbons (Fsp3) is 0.115. The van der Waals surface area contributed by atoms with Crippen LogP contribution in [-0.4, -0.2) is 18.3 Å². The molecule has 154 valence electrons. The SMILES string of the molecule is [CH3][Ge]([CH3])([CH3])[c]1cc(-c2nccc3cc(-c4c(F)cccc4F)sc23)cc2ccccc12. The van der Waals surface area contributed by atoms with Gasteiger partial charge in [-0.15, -0.1) is 0 Å². The van der Waals surface area contributed by atoms with E-state index in [1.165, 1.54) is 44.7 Å². The summed E-state index contributed by atoms with van der Waals surface area (Å²) in [5, 5.41) is 3.46. The van der Waals surface area contributed by atoms with Crippen LogP contribution < -0.4 is 4.40 Å². The van der Waals surface area contributed by atoms with Crippen molar-refractivity contribution in [1.82, 2.24) is 4.98 Å². The summed E-state index contributed by atoms with van der Waals surface area (Å²) < 4.78 is 31.2. The fourth-order valence-corrected chi connectivity index (χ4v) is 8.72. The van der Waals surface area contributed by atoms with Crippen LogP contribution in [0.5, 0.6) is 0 Å². The number of fused-ring (bicyclic) bond motifs is 2. The summed E-state index contributed by atoms with van der Waals surface area (Å²) >= 11 is -0.775. The second-order valence-corrected chi connectivity index (χ2v) is 20.4. The van der Waals surface area contributed by atoms with Crippen LogP contribution >= 0.6 is 11.3 Å². The number of hydrogen-bond acceptors (Lipinski definition) is 2. The molecule has 0 N–H and O–H groups in total.